The Morgan fingerprint density at radius 2 is 2.17 bits per heavy atom. The number of thiazole rings is 1. The molecule has 1 aromatic heterocycles. The molecule has 3 N–H and O–H groups in total. The Bertz CT molecular complexity index is 514. The number of nitrogen functional groups attached to an aromatic ring is 1. The third-order valence-corrected chi connectivity index (χ3v) is 4.19. The van der Waals surface area contributed by atoms with Gasteiger partial charge in [-0.3, -0.25) is 10.3 Å². The first-order valence-corrected chi connectivity index (χ1v) is 7.13. The number of halogens is 1. The largest absolute Gasteiger partial charge is 0.300 e. The number of nitrogens with zero attached hydrogens (tertiary/aromatic N) is 2. The summed E-state index contributed by atoms with van der Waals surface area (Å²) in [4.78, 5) is 7.59. The molecule has 0 spiro atoms. The summed E-state index contributed by atoms with van der Waals surface area (Å²) in [6, 6.07) is 8.26. The molecule has 1 aromatic carbocycles. The van der Waals surface area contributed by atoms with Crippen LogP contribution in [-0.4, -0.2) is 16.9 Å². The molecular weight excluding hydrogens is 312 g/mol. The Balaban J connectivity index is 1.96. The average Bonchev–Trinajstić information content (AvgIpc) is 2.80. The van der Waals surface area contributed by atoms with Gasteiger partial charge >= 0.3 is 0 Å². The lowest BCUT2D eigenvalue weighted by Gasteiger charge is -2.16. The normalized spacial score (nSPS) is 10.9. The zero-order valence-electron chi connectivity index (χ0n) is 10.1. The smallest absolute Gasteiger partial charge is 0.197 e. The maximum absolute atomic E-state index is 5.32. The van der Waals surface area contributed by atoms with Gasteiger partial charge in [-0.05, 0) is 18.7 Å². The predicted molar refractivity (Wildman–Crippen MR) is 79.2 cm³/mol. The second kappa shape index (κ2) is 6.29. The molecule has 0 amide bonds. The molecule has 0 fully saturated rings. The highest BCUT2D eigenvalue weighted by atomic mass is 79.9. The number of rotatable bonds is 5. The number of hydrogen-bond donors (Lipinski definition) is 2. The molecule has 4 nitrogen and oxygen atoms in total. The van der Waals surface area contributed by atoms with Crippen LogP contribution in [0, 0.1) is 0 Å². The van der Waals surface area contributed by atoms with Crippen LogP contribution in [0.5, 0.6) is 0 Å². The summed E-state index contributed by atoms with van der Waals surface area (Å²) in [5, 5.41) is 0.749. The van der Waals surface area contributed by atoms with Crippen molar-refractivity contribution in [1.82, 2.24) is 9.88 Å². The maximum atomic E-state index is 5.32. The fourth-order valence-corrected chi connectivity index (χ4v) is 2.90. The fraction of sp³-hybridized carbons (Fsp3) is 0.250. The van der Waals surface area contributed by atoms with E-state index in [0.717, 1.165) is 22.7 Å². The van der Waals surface area contributed by atoms with Gasteiger partial charge in [-0.15, -0.1) is 0 Å². The molecule has 6 heteroatoms. The van der Waals surface area contributed by atoms with Crippen LogP contribution in [0.25, 0.3) is 0 Å². The number of nitrogens with two attached hydrogens (primary N) is 1. The first-order chi connectivity index (χ1) is 8.69. The molecule has 0 bridgehead atoms. The van der Waals surface area contributed by atoms with Crippen molar-refractivity contribution >= 4 is 32.4 Å². The lowest BCUT2D eigenvalue weighted by Crippen LogP contribution is -2.16. The van der Waals surface area contributed by atoms with E-state index < -0.39 is 0 Å². The fourth-order valence-electron chi connectivity index (χ4n) is 1.69. The minimum Gasteiger partial charge on any atom is -0.300 e. The molecule has 0 aliphatic carbocycles. The van der Waals surface area contributed by atoms with Crippen LogP contribution >= 0.6 is 27.3 Å². The van der Waals surface area contributed by atoms with Gasteiger partial charge in [0.15, 0.2) is 5.13 Å². The molecule has 2 aromatic rings. The molecule has 0 saturated carbocycles. The Labute approximate surface area is 119 Å². The van der Waals surface area contributed by atoms with E-state index in [1.807, 2.05) is 12.3 Å². The summed E-state index contributed by atoms with van der Waals surface area (Å²) in [6.07, 6.45) is 1.86. The van der Waals surface area contributed by atoms with Crippen LogP contribution in [0.1, 0.15) is 10.4 Å². The zero-order chi connectivity index (χ0) is 13.0. The number of hydrazine groups is 1. The highest BCUT2D eigenvalue weighted by molar-refractivity contribution is 9.10. The van der Waals surface area contributed by atoms with Gasteiger partial charge in [-0.25, -0.2) is 10.8 Å². The molecule has 2 rings (SSSR count). The molecule has 0 unspecified atom stereocenters. The number of hydrogen-bond acceptors (Lipinski definition) is 5. The van der Waals surface area contributed by atoms with Crippen LogP contribution in [0.2, 0.25) is 0 Å². The van der Waals surface area contributed by atoms with Crippen molar-refractivity contribution in [2.45, 2.75) is 13.1 Å². The van der Waals surface area contributed by atoms with E-state index in [1.54, 1.807) is 11.3 Å². The van der Waals surface area contributed by atoms with E-state index in [9.17, 15) is 0 Å². The first-order valence-electron chi connectivity index (χ1n) is 5.52. The zero-order valence-corrected chi connectivity index (χ0v) is 12.5. The van der Waals surface area contributed by atoms with Gasteiger partial charge in [-0.2, -0.15) is 0 Å². The quantitative estimate of drug-likeness (QED) is 0.655. The van der Waals surface area contributed by atoms with Crippen molar-refractivity contribution in [3.05, 3.63) is 45.4 Å². The molecule has 0 radical (unpaired) electrons. The summed E-state index contributed by atoms with van der Waals surface area (Å²) >= 11 is 5.14. The minimum absolute atomic E-state index is 0.749. The molecule has 18 heavy (non-hydrogen) atoms. The molecule has 0 atom stereocenters. The van der Waals surface area contributed by atoms with Crippen LogP contribution in [0.3, 0.4) is 0 Å². The van der Waals surface area contributed by atoms with Crippen molar-refractivity contribution < 1.29 is 0 Å². The summed E-state index contributed by atoms with van der Waals surface area (Å²) in [5.74, 6) is 5.32. The maximum Gasteiger partial charge on any atom is 0.197 e. The number of nitrogens with one attached hydrogen (secondary N) is 1. The van der Waals surface area contributed by atoms with Crippen LogP contribution in [-0.2, 0) is 13.1 Å². The van der Waals surface area contributed by atoms with Gasteiger partial charge in [0.2, 0.25) is 0 Å². The van der Waals surface area contributed by atoms with Gasteiger partial charge in [-0.1, -0.05) is 45.5 Å². The molecule has 0 saturated heterocycles. The van der Waals surface area contributed by atoms with Crippen LogP contribution in [0.15, 0.2) is 34.9 Å². The molecule has 96 valence electrons. The Morgan fingerprint density at radius 3 is 2.83 bits per heavy atom. The van der Waals surface area contributed by atoms with E-state index in [4.69, 9.17) is 5.84 Å². The Hall–Kier alpha value is -0.950. The van der Waals surface area contributed by atoms with Crippen LogP contribution < -0.4 is 11.3 Å². The number of anilines is 1. The molecular formula is C12H15BrN4S. The van der Waals surface area contributed by atoms with Gasteiger partial charge in [0, 0.05) is 28.6 Å². The standard InChI is InChI=1S/C12H15BrN4S/c1-17(7-9-4-2-3-5-11(9)13)8-10-6-15-12(16-14)18-10/h2-6H,7-8,14H2,1H3,(H,15,16). The highest BCUT2D eigenvalue weighted by Crippen LogP contribution is 2.21. The second-order valence-electron chi connectivity index (χ2n) is 4.04. The van der Waals surface area contributed by atoms with Gasteiger partial charge in [0.05, 0.1) is 0 Å². The van der Waals surface area contributed by atoms with E-state index in [-0.39, 0.29) is 0 Å². The SMILES string of the molecule is CN(Cc1cnc(NN)s1)Cc1ccccc1Br. The van der Waals surface area contributed by atoms with E-state index in [1.165, 1.54) is 10.4 Å². The highest BCUT2D eigenvalue weighted by Gasteiger charge is 2.07. The number of benzene rings is 1. The Kier molecular flexibility index (Phi) is 4.71. The third kappa shape index (κ3) is 3.52. The van der Waals surface area contributed by atoms with E-state index in [2.05, 4.69) is 56.5 Å². The predicted octanol–water partition coefficient (Wildman–Crippen LogP) is 2.82. The summed E-state index contributed by atoms with van der Waals surface area (Å²) in [6.45, 7) is 1.76. The monoisotopic (exact) mass is 326 g/mol. The lowest BCUT2D eigenvalue weighted by atomic mass is 10.2. The van der Waals surface area contributed by atoms with Crippen molar-refractivity contribution in [2.24, 2.45) is 5.84 Å². The minimum atomic E-state index is 0.749. The average molecular weight is 327 g/mol. The van der Waals surface area contributed by atoms with Gasteiger partial charge in [0.1, 0.15) is 0 Å². The van der Waals surface area contributed by atoms with E-state index in [0.29, 0.717) is 0 Å². The molecule has 0 aliphatic heterocycles. The van der Waals surface area contributed by atoms with Gasteiger partial charge < -0.3 is 0 Å². The van der Waals surface area contributed by atoms with Crippen molar-refractivity contribution in [1.29, 1.82) is 0 Å². The van der Waals surface area contributed by atoms with E-state index >= 15 is 0 Å². The van der Waals surface area contributed by atoms with Crippen LogP contribution in [0.4, 0.5) is 5.13 Å². The second-order valence-corrected chi connectivity index (χ2v) is 6.01. The Morgan fingerprint density at radius 1 is 1.39 bits per heavy atom. The summed E-state index contributed by atoms with van der Waals surface area (Å²) < 4.78 is 1.14. The number of aromatic nitrogens is 1. The first kappa shape index (κ1) is 13.5. The summed E-state index contributed by atoms with van der Waals surface area (Å²) in [7, 11) is 2.09. The molecule has 1 heterocycles. The van der Waals surface area contributed by atoms with Crippen molar-refractivity contribution in [3.8, 4) is 0 Å². The molecule has 0 aliphatic rings. The third-order valence-electron chi connectivity index (χ3n) is 2.50. The van der Waals surface area contributed by atoms with Crippen molar-refractivity contribution in [2.75, 3.05) is 12.5 Å². The lowest BCUT2D eigenvalue weighted by molar-refractivity contribution is 0.321. The van der Waals surface area contributed by atoms with Gasteiger partial charge in [0.25, 0.3) is 0 Å². The topological polar surface area (TPSA) is 54.2 Å². The summed E-state index contributed by atoms with van der Waals surface area (Å²) in [5.41, 5.74) is 3.84. The van der Waals surface area contributed by atoms with Crippen molar-refractivity contribution in [3.63, 3.8) is 0 Å².